The number of benzene rings is 1. The Morgan fingerprint density at radius 1 is 1.00 bits per heavy atom. The number of aryl methyl sites for hydroxylation is 1. The zero-order valence-electron chi connectivity index (χ0n) is 11.4. The van der Waals surface area contributed by atoms with Crippen molar-refractivity contribution in [1.29, 1.82) is 0 Å². The zero-order valence-corrected chi connectivity index (χ0v) is 11.4. The molecule has 0 aliphatic rings. The Bertz CT molecular complexity index is 793. The third-order valence-electron chi connectivity index (χ3n) is 3.03. The second-order valence-corrected chi connectivity index (χ2v) is 4.62. The number of tetrazole rings is 1. The van der Waals surface area contributed by atoms with Gasteiger partial charge >= 0.3 is 6.18 Å². The van der Waals surface area contributed by atoms with Gasteiger partial charge < -0.3 is 0 Å². The fraction of sp³-hybridized carbons (Fsp3) is 0.143. The minimum Gasteiger partial charge on any atom is -0.250 e. The van der Waals surface area contributed by atoms with E-state index in [9.17, 15) is 13.2 Å². The van der Waals surface area contributed by atoms with Gasteiger partial charge in [-0.25, -0.2) is 4.98 Å². The summed E-state index contributed by atoms with van der Waals surface area (Å²) in [6.07, 6.45) is -4.37. The lowest BCUT2D eigenvalue weighted by atomic mass is 10.2. The molecule has 0 radical (unpaired) electrons. The molecule has 0 saturated heterocycles. The van der Waals surface area contributed by atoms with E-state index < -0.39 is 11.7 Å². The molecule has 0 spiro atoms. The predicted molar refractivity (Wildman–Crippen MR) is 72.1 cm³/mol. The van der Waals surface area contributed by atoms with E-state index in [1.54, 1.807) is 6.07 Å². The summed E-state index contributed by atoms with van der Waals surface area (Å²) < 4.78 is 39.1. The summed E-state index contributed by atoms with van der Waals surface area (Å²) in [5.74, 6) is 0.364. The Balaban J connectivity index is 2.02. The number of aromatic nitrogens is 5. The van der Waals surface area contributed by atoms with Crippen LogP contribution in [0.4, 0.5) is 13.2 Å². The summed E-state index contributed by atoms with van der Waals surface area (Å²) in [6, 6.07) is 9.99. The first-order valence-electron chi connectivity index (χ1n) is 6.35. The Morgan fingerprint density at radius 3 is 2.36 bits per heavy atom. The number of hydrogen-bond donors (Lipinski definition) is 0. The van der Waals surface area contributed by atoms with Crippen molar-refractivity contribution in [2.24, 2.45) is 0 Å². The number of alkyl halides is 3. The number of hydrogen-bond acceptors (Lipinski definition) is 4. The van der Waals surface area contributed by atoms with Gasteiger partial charge in [0.1, 0.15) is 5.69 Å². The number of rotatable bonds is 2. The molecule has 8 heteroatoms. The molecule has 22 heavy (non-hydrogen) atoms. The predicted octanol–water partition coefficient (Wildman–Crippen LogP) is 3.05. The Labute approximate surface area is 123 Å². The summed E-state index contributed by atoms with van der Waals surface area (Å²) in [7, 11) is 0. The van der Waals surface area contributed by atoms with E-state index in [-0.39, 0.29) is 0 Å². The molecule has 0 fully saturated rings. The van der Waals surface area contributed by atoms with Crippen LogP contribution >= 0.6 is 0 Å². The van der Waals surface area contributed by atoms with Crippen LogP contribution in [0, 0.1) is 6.92 Å². The fourth-order valence-corrected chi connectivity index (χ4v) is 1.98. The van der Waals surface area contributed by atoms with Crippen LogP contribution in [0.25, 0.3) is 17.2 Å². The Hall–Kier alpha value is -2.77. The largest absolute Gasteiger partial charge is 0.416 e. The molecule has 0 bridgehead atoms. The van der Waals surface area contributed by atoms with Crippen molar-refractivity contribution in [3.63, 3.8) is 0 Å². The van der Waals surface area contributed by atoms with Crippen LogP contribution in [0.3, 0.4) is 0 Å². The van der Waals surface area contributed by atoms with Crippen molar-refractivity contribution in [2.75, 3.05) is 0 Å². The lowest BCUT2D eigenvalue weighted by Crippen LogP contribution is -2.06. The molecule has 1 aromatic carbocycles. The van der Waals surface area contributed by atoms with E-state index in [0.717, 1.165) is 17.8 Å². The third kappa shape index (κ3) is 2.67. The van der Waals surface area contributed by atoms with Crippen molar-refractivity contribution < 1.29 is 13.2 Å². The molecule has 3 aromatic rings. The van der Waals surface area contributed by atoms with Gasteiger partial charge in [0.2, 0.25) is 5.82 Å². The first-order valence-corrected chi connectivity index (χ1v) is 6.35. The normalized spacial score (nSPS) is 11.6. The van der Waals surface area contributed by atoms with Gasteiger partial charge in [0.25, 0.3) is 0 Å². The zero-order chi connectivity index (χ0) is 15.7. The first-order chi connectivity index (χ1) is 10.4. The molecule has 0 aliphatic heterocycles. The van der Waals surface area contributed by atoms with Gasteiger partial charge in [-0.15, -0.1) is 5.10 Å². The molecule has 0 aliphatic carbocycles. The van der Waals surface area contributed by atoms with Crippen LogP contribution in [-0.2, 0) is 6.18 Å². The number of pyridine rings is 1. The molecular formula is C14H10F3N5. The monoisotopic (exact) mass is 305 g/mol. The van der Waals surface area contributed by atoms with Gasteiger partial charge in [0, 0.05) is 5.69 Å². The molecule has 5 nitrogen and oxygen atoms in total. The smallest absolute Gasteiger partial charge is 0.250 e. The van der Waals surface area contributed by atoms with Crippen LogP contribution in [0.15, 0.2) is 42.5 Å². The highest BCUT2D eigenvalue weighted by Gasteiger charge is 2.30. The van der Waals surface area contributed by atoms with E-state index in [2.05, 4.69) is 20.5 Å². The van der Waals surface area contributed by atoms with Crippen LogP contribution in [-0.4, -0.2) is 25.2 Å². The summed E-state index contributed by atoms with van der Waals surface area (Å²) >= 11 is 0. The van der Waals surface area contributed by atoms with Crippen molar-refractivity contribution >= 4 is 0 Å². The van der Waals surface area contributed by atoms with Gasteiger partial charge in [-0.05, 0) is 53.7 Å². The minimum absolute atomic E-state index is 0.364. The molecule has 0 N–H and O–H groups in total. The lowest BCUT2D eigenvalue weighted by molar-refractivity contribution is -0.137. The summed E-state index contributed by atoms with van der Waals surface area (Å²) in [6.45, 7) is 1.83. The van der Waals surface area contributed by atoms with Gasteiger partial charge in [-0.1, -0.05) is 6.07 Å². The quantitative estimate of drug-likeness (QED) is 0.730. The number of nitrogens with zero attached hydrogens (tertiary/aromatic N) is 5. The van der Waals surface area contributed by atoms with Crippen molar-refractivity contribution in [1.82, 2.24) is 25.2 Å². The molecule has 0 atom stereocenters. The second kappa shape index (κ2) is 5.21. The molecule has 112 valence electrons. The van der Waals surface area contributed by atoms with E-state index >= 15 is 0 Å². The molecule has 0 unspecified atom stereocenters. The summed E-state index contributed by atoms with van der Waals surface area (Å²) in [5, 5.41) is 11.3. The van der Waals surface area contributed by atoms with Crippen LogP contribution in [0.2, 0.25) is 0 Å². The number of halogens is 3. The summed E-state index contributed by atoms with van der Waals surface area (Å²) in [5.41, 5.74) is 1.04. The molecule has 0 amide bonds. The van der Waals surface area contributed by atoms with E-state index in [4.69, 9.17) is 0 Å². The maximum Gasteiger partial charge on any atom is 0.416 e. The van der Waals surface area contributed by atoms with Crippen molar-refractivity contribution in [3.05, 3.63) is 53.7 Å². The van der Waals surface area contributed by atoms with E-state index in [1.807, 2.05) is 19.1 Å². The highest BCUT2D eigenvalue weighted by molar-refractivity contribution is 5.52. The van der Waals surface area contributed by atoms with Gasteiger partial charge in [-0.2, -0.15) is 17.9 Å². The molecular weight excluding hydrogens is 295 g/mol. The average Bonchev–Trinajstić information content (AvgIpc) is 2.96. The fourth-order valence-electron chi connectivity index (χ4n) is 1.98. The summed E-state index contributed by atoms with van der Waals surface area (Å²) in [4.78, 5) is 4.32. The molecule has 2 heterocycles. The van der Waals surface area contributed by atoms with Gasteiger partial charge in [0.15, 0.2) is 0 Å². The highest BCUT2D eigenvalue weighted by atomic mass is 19.4. The van der Waals surface area contributed by atoms with E-state index in [0.29, 0.717) is 17.2 Å². The van der Waals surface area contributed by atoms with Crippen LogP contribution in [0.5, 0.6) is 0 Å². The average molecular weight is 305 g/mol. The molecule has 0 saturated carbocycles. The van der Waals surface area contributed by atoms with Crippen LogP contribution < -0.4 is 0 Å². The highest BCUT2D eigenvalue weighted by Crippen LogP contribution is 2.29. The maximum atomic E-state index is 12.6. The van der Waals surface area contributed by atoms with E-state index in [1.165, 1.54) is 16.8 Å². The maximum absolute atomic E-state index is 12.6. The SMILES string of the molecule is Cc1cccc(-c2nnnn2-c2ccc(C(F)(F)F)cc2)n1. The lowest BCUT2D eigenvalue weighted by Gasteiger charge is -2.08. The third-order valence-corrected chi connectivity index (χ3v) is 3.03. The molecule has 3 rings (SSSR count). The standard InChI is InChI=1S/C14H10F3N5/c1-9-3-2-4-12(18-9)13-19-20-21-22(13)11-7-5-10(6-8-11)14(15,16)17/h2-8H,1H3. The topological polar surface area (TPSA) is 56.5 Å². The van der Waals surface area contributed by atoms with Gasteiger partial charge in [-0.3, -0.25) is 0 Å². The minimum atomic E-state index is -4.37. The molecule has 2 aromatic heterocycles. The van der Waals surface area contributed by atoms with Crippen molar-refractivity contribution in [2.45, 2.75) is 13.1 Å². The first kappa shape index (κ1) is 14.2. The second-order valence-electron chi connectivity index (χ2n) is 4.62. The Morgan fingerprint density at radius 2 is 1.73 bits per heavy atom. The van der Waals surface area contributed by atoms with Crippen molar-refractivity contribution in [3.8, 4) is 17.2 Å². The Kier molecular flexibility index (Phi) is 3.36. The van der Waals surface area contributed by atoms with Gasteiger partial charge in [0.05, 0.1) is 11.3 Å². The van der Waals surface area contributed by atoms with Crippen LogP contribution in [0.1, 0.15) is 11.3 Å².